The molecular weight excluding hydrogens is 286 g/mol. The smallest absolute Gasteiger partial charge is 0.219 e. The van der Waals surface area contributed by atoms with Crippen LogP contribution in [0.25, 0.3) is 0 Å². The molecule has 1 aliphatic heterocycles. The summed E-state index contributed by atoms with van der Waals surface area (Å²) in [6.07, 6.45) is 1.59. The number of hydrogen-bond acceptors (Lipinski definition) is 3. The molecule has 1 aliphatic rings. The zero-order valence-electron chi connectivity index (χ0n) is 14.8. The summed E-state index contributed by atoms with van der Waals surface area (Å²) in [7, 11) is 1.70. The molecule has 0 aliphatic carbocycles. The minimum Gasteiger partial charge on any atom is -0.359 e. The summed E-state index contributed by atoms with van der Waals surface area (Å²) >= 11 is 0. The molecule has 0 unspecified atom stereocenters. The first kappa shape index (κ1) is 18.0. The predicted molar refractivity (Wildman–Crippen MR) is 95.5 cm³/mol. The number of carbonyl (C=O) groups is 1. The Morgan fingerprint density at radius 2 is 1.87 bits per heavy atom. The molecule has 0 aromatic heterocycles. The summed E-state index contributed by atoms with van der Waals surface area (Å²) in [5.74, 6) is 0.737. The van der Waals surface area contributed by atoms with Gasteiger partial charge in [0.25, 0.3) is 0 Å². The monoisotopic (exact) mass is 317 g/mol. The van der Waals surface area contributed by atoms with Gasteiger partial charge in [0.15, 0.2) is 0 Å². The molecule has 0 atom stereocenters. The Labute approximate surface area is 140 Å². The third-order valence-corrected chi connectivity index (χ3v) is 4.65. The van der Waals surface area contributed by atoms with Crippen molar-refractivity contribution in [3.05, 3.63) is 35.4 Å². The molecule has 1 saturated heterocycles. The van der Waals surface area contributed by atoms with Crippen molar-refractivity contribution in [2.45, 2.75) is 39.2 Å². The first-order valence-electron chi connectivity index (χ1n) is 8.82. The van der Waals surface area contributed by atoms with Crippen molar-refractivity contribution < 1.29 is 4.79 Å². The Balaban J connectivity index is 1.72. The minimum absolute atomic E-state index is 0.147. The van der Waals surface area contributed by atoms with Crippen LogP contribution in [0.3, 0.4) is 0 Å². The van der Waals surface area contributed by atoms with E-state index in [9.17, 15) is 4.79 Å². The quantitative estimate of drug-likeness (QED) is 0.839. The highest BCUT2D eigenvalue weighted by Crippen LogP contribution is 2.17. The molecule has 1 fully saturated rings. The highest BCUT2D eigenvalue weighted by Gasteiger charge is 2.17. The Morgan fingerprint density at radius 1 is 1.17 bits per heavy atom. The maximum atomic E-state index is 11.2. The number of amides is 1. The largest absolute Gasteiger partial charge is 0.359 e. The molecule has 4 nitrogen and oxygen atoms in total. The lowest BCUT2D eigenvalue weighted by Crippen LogP contribution is -2.46. The van der Waals surface area contributed by atoms with E-state index in [0.29, 0.717) is 12.3 Å². The molecule has 128 valence electrons. The SMILES string of the molecule is CNC(=O)CCCN1CCN(Cc2cccc(C(C)C)c2)CC1. The number of benzene rings is 1. The highest BCUT2D eigenvalue weighted by atomic mass is 16.1. The summed E-state index contributed by atoms with van der Waals surface area (Å²) in [4.78, 5) is 16.3. The van der Waals surface area contributed by atoms with Gasteiger partial charge in [-0.05, 0) is 30.0 Å². The Morgan fingerprint density at radius 3 is 2.52 bits per heavy atom. The van der Waals surface area contributed by atoms with Crippen LogP contribution >= 0.6 is 0 Å². The average Bonchev–Trinajstić information content (AvgIpc) is 2.56. The summed E-state index contributed by atoms with van der Waals surface area (Å²) in [5, 5.41) is 2.68. The molecule has 0 radical (unpaired) electrons. The van der Waals surface area contributed by atoms with Crippen molar-refractivity contribution >= 4 is 5.91 Å². The van der Waals surface area contributed by atoms with E-state index in [0.717, 1.165) is 45.7 Å². The van der Waals surface area contributed by atoms with Gasteiger partial charge < -0.3 is 10.2 Å². The summed E-state index contributed by atoms with van der Waals surface area (Å²) in [5.41, 5.74) is 2.85. The van der Waals surface area contributed by atoms with Crippen molar-refractivity contribution in [2.24, 2.45) is 0 Å². The van der Waals surface area contributed by atoms with Gasteiger partial charge in [-0.15, -0.1) is 0 Å². The zero-order chi connectivity index (χ0) is 16.7. The molecule has 1 N–H and O–H groups in total. The number of piperazine rings is 1. The number of carbonyl (C=O) groups excluding carboxylic acids is 1. The van der Waals surface area contributed by atoms with Crippen LogP contribution in [-0.2, 0) is 11.3 Å². The summed E-state index contributed by atoms with van der Waals surface area (Å²) < 4.78 is 0. The van der Waals surface area contributed by atoms with Crippen LogP contribution < -0.4 is 5.32 Å². The van der Waals surface area contributed by atoms with Gasteiger partial charge in [-0.1, -0.05) is 38.1 Å². The van der Waals surface area contributed by atoms with Gasteiger partial charge in [0, 0.05) is 46.2 Å². The maximum Gasteiger partial charge on any atom is 0.219 e. The molecule has 0 spiro atoms. The molecule has 0 bridgehead atoms. The van der Waals surface area contributed by atoms with Gasteiger partial charge in [0.1, 0.15) is 0 Å². The standard InChI is InChI=1S/C19H31N3O/c1-16(2)18-7-4-6-17(14-18)15-22-12-10-21(11-13-22)9-5-8-19(23)20-3/h4,6-7,14,16H,5,8-13,15H2,1-3H3,(H,20,23). The molecule has 23 heavy (non-hydrogen) atoms. The van der Waals surface area contributed by atoms with E-state index in [4.69, 9.17) is 0 Å². The van der Waals surface area contributed by atoms with Gasteiger partial charge in [-0.2, -0.15) is 0 Å². The van der Waals surface area contributed by atoms with Gasteiger partial charge in [0.05, 0.1) is 0 Å². The Bertz CT molecular complexity index is 493. The normalized spacial score (nSPS) is 16.7. The molecule has 1 amide bonds. The highest BCUT2D eigenvalue weighted by molar-refractivity contribution is 5.75. The van der Waals surface area contributed by atoms with E-state index in [2.05, 4.69) is 53.2 Å². The van der Waals surface area contributed by atoms with Crippen LogP contribution in [0.15, 0.2) is 24.3 Å². The second kappa shape index (κ2) is 9.04. The van der Waals surface area contributed by atoms with E-state index >= 15 is 0 Å². The van der Waals surface area contributed by atoms with E-state index in [1.807, 2.05) is 0 Å². The average molecular weight is 317 g/mol. The van der Waals surface area contributed by atoms with E-state index in [1.165, 1.54) is 11.1 Å². The topological polar surface area (TPSA) is 35.6 Å². The second-order valence-electron chi connectivity index (χ2n) is 6.79. The van der Waals surface area contributed by atoms with Crippen LogP contribution in [0.2, 0.25) is 0 Å². The Kier molecular flexibility index (Phi) is 7.06. The van der Waals surface area contributed by atoms with Gasteiger partial charge >= 0.3 is 0 Å². The number of hydrogen-bond donors (Lipinski definition) is 1. The first-order valence-corrected chi connectivity index (χ1v) is 8.82. The first-order chi connectivity index (χ1) is 11.1. The van der Waals surface area contributed by atoms with E-state index in [1.54, 1.807) is 7.05 Å². The number of rotatable bonds is 7. The van der Waals surface area contributed by atoms with Crippen molar-refractivity contribution in [1.29, 1.82) is 0 Å². The van der Waals surface area contributed by atoms with Crippen LogP contribution in [0.1, 0.15) is 43.7 Å². The lowest BCUT2D eigenvalue weighted by Gasteiger charge is -2.34. The zero-order valence-corrected chi connectivity index (χ0v) is 14.8. The Hall–Kier alpha value is -1.39. The molecule has 1 heterocycles. The summed E-state index contributed by atoms with van der Waals surface area (Å²) in [6.45, 7) is 11.0. The van der Waals surface area contributed by atoms with Crippen molar-refractivity contribution in [1.82, 2.24) is 15.1 Å². The van der Waals surface area contributed by atoms with Crippen molar-refractivity contribution in [3.63, 3.8) is 0 Å². The fourth-order valence-electron chi connectivity index (χ4n) is 3.07. The third-order valence-electron chi connectivity index (χ3n) is 4.65. The number of nitrogens with zero attached hydrogens (tertiary/aromatic N) is 2. The molecule has 1 aromatic rings. The number of nitrogens with one attached hydrogen (secondary N) is 1. The van der Waals surface area contributed by atoms with Crippen molar-refractivity contribution in [3.8, 4) is 0 Å². The lowest BCUT2D eigenvalue weighted by atomic mass is 10.0. The van der Waals surface area contributed by atoms with Crippen molar-refractivity contribution in [2.75, 3.05) is 39.8 Å². The van der Waals surface area contributed by atoms with Crippen LogP contribution in [0.5, 0.6) is 0 Å². The fraction of sp³-hybridized carbons (Fsp3) is 0.632. The minimum atomic E-state index is 0.147. The molecule has 2 rings (SSSR count). The molecule has 4 heteroatoms. The van der Waals surface area contributed by atoms with Gasteiger partial charge in [-0.25, -0.2) is 0 Å². The second-order valence-corrected chi connectivity index (χ2v) is 6.79. The van der Waals surface area contributed by atoms with Gasteiger partial charge in [-0.3, -0.25) is 9.69 Å². The molecule has 1 aromatic carbocycles. The van der Waals surface area contributed by atoms with Crippen LogP contribution in [0.4, 0.5) is 0 Å². The lowest BCUT2D eigenvalue weighted by molar-refractivity contribution is -0.120. The predicted octanol–water partition coefficient (Wildman–Crippen LogP) is 2.45. The third kappa shape index (κ3) is 5.96. The van der Waals surface area contributed by atoms with Gasteiger partial charge in [0.2, 0.25) is 5.91 Å². The van der Waals surface area contributed by atoms with E-state index < -0.39 is 0 Å². The molecule has 0 saturated carbocycles. The van der Waals surface area contributed by atoms with Crippen LogP contribution in [-0.4, -0.2) is 55.5 Å². The maximum absolute atomic E-state index is 11.2. The molecular formula is C19H31N3O. The fourth-order valence-corrected chi connectivity index (χ4v) is 3.07. The van der Waals surface area contributed by atoms with E-state index in [-0.39, 0.29) is 5.91 Å². The van der Waals surface area contributed by atoms with Crippen LogP contribution in [0, 0.1) is 0 Å². The summed E-state index contributed by atoms with van der Waals surface area (Å²) in [6, 6.07) is 8.99.